The average Bonchev–Trinajstić information content (AvgIpc) is 2.69. The number of hydrogen-bond donors (Lipinski definition) is 0. The minimum Gasteiger partial charge on any atom is -0.311 e. The van der Waals surface area contributed by atoms with E-state index in [-0.39, 0.29) is 11.8 Å². The zero-order valence-corrected chi connectivity index (χ0v) is 13.4. The van der Waals surface area contributed by atoms with E-state index < -0.39 is 11.7 Å². The third kappa shape index (κ3) is 3.24. The van der Waals surface area contributed by atoms with E-state index in [0.717, 1.165) is 12.1 Å². The van der Waals surface area contributed by atoms with Gasteiger partial charge in [0.2, 0.25) is 5.91 Å². The van der Waals surface area contributed by atoms with Crippen LogP contribution in [-0.4, -0.2) is 17.8 Å². The Morgan fingerprint density at radius 1 is 1.42 bits per heavy atom. The van der Waals surface area contributed by atoms with Gasteiger partial charge in [-0.1, -0.05) is 15.9 Å². The minimum atomic E-state index is -4.36. The molecule has 1 aliphatic heterocycles. The predicted molar refractivity (Wildman–Crippen MR) is 78.4 cm³/mol. The molecule has 0 radical (unpaired) electrons. The van der Waals surface area contributed by atoms with Gasteiger partial charge in [0.05, 0.1) is 11.3 Å². The predicted octanol–water partition coefficient (Wildman–Crippen LogP) is 4.06. The molecule has 7 heteroatoms. The van der Waals surface area contributed by atoms with Crippen molar-refractivity contribution in [3.63, 3.8) is 0 Å². The first-order valence-corrected chi connectivity index (χ1v) is 7.76. The van der Waals surface area contributed by atoms with Crippen LogP contribution in [0.3, 0.4) is 0 Å². The first-order chi connectivity index (χ1) is 8.82. The van der Waals surface area contributed by atoms with Crippen LogP contribution in [0.25, 0.3) is 0 Å². The monoisotopic (exact) mass is 447 g/mol. The highest BCUT2D eigenvalue weighted by molar-refractivity contribution is 14.1. The number of rotatable bonds is 2. The summed E-state index contributed by atoms with van der Waals surface area (Å²) in [6, 6.07) is 3.47. The standard InChI is InChI=1S/C12H10BrF3INO/c13-5-7-3-11(19)18(6-7)10-2-1-8(4-9(10)17)12(14,15)16/h1-2,4,7H,3,5-6H2. The summed E-state index contributed by atoms with van der Waals surface area (Å²) in [5.41, 5.74) is -0.133. The highest BCUT2D eigenvalue weighted by Crippen LogP contribution is 2.35. The number of alkyl halides is 4. The largest absolute Gasteiger partial charge is 0.416 e. The second-order valence-corrected chi connectivity index (χ2v) is 6.20. The van der Waals surface area contributed by atoms with Gasteiger partial charge in [0.1, 0.15) is 0 Å². The topological polar surface area (TPSA) is 20.3 Å². The summed E-state index contributed by atoms with van der Waals surface area (Å²) in [6.07, 6.45) is -3.92. The number of carbonyl (C=O) groups excluding carboxylic acids is 1. The fourth-order valence-electron chi connectivity index (χ4n) is 2.02. The van der Waals surface area contributed by atoms with Crippen molar-refractivity contribution in [2.75, 3.05) is 16.8 Å². The van der Waals surface area contributed by atoms with Crippen LogP contribution in [0.4, 0.5) is 18.9 Å². The number of amides is 1. The van der Waals surface area contributed by atoms with Crippen molar-refractivity contribution in [1.82, 2.24) is 0 Å². The minimum absolute atomic E-state index is 0.0397. The van der Waals surface area contributed by atoms with Crippen molar-refractivity contribution in [1.29, 1.82) is 0 Å². The molecule has 1 fully saturated rings. The van der Waals surface area contributed by atoms with E-state index in [1.54, 1.807) is 4.90 Å². The molecule has 2 rings (SSSR count). The van der Waals surface area contributed by atoms with Gasteiger partial charge in [0, 0.05) is 21.9 Å². The molecule has 1 unspecified atom stereocenters. The molecule has 0 aromatic heterocycles. The molecule has 0 saturated carbocycles. The van der Waals surface area contributed by atoms with Crippen molar-refractivity contribution in [2.24, 2.45) is 5.92 Å². The van der Waals surface area contributed by atoms with Gasteiger partial charge < -0.3 is 4.90 Å². The van der Waals surface area contributed by atoms with Gasteiger partial charge in [-0.15, -0.1) is 0 Å². The maximum Gasteiger partial charge on any atom is 0.416 e. The van der Waals surface area contributed by atoms with E-state index in [2.05, 4.69) is 15.9 Å². The van der Waals surface area contributed by atoms with Crippen LogP contribution >= 0.6 is 38.5 Å². The Morgan fingerprint density at radius 3 is 2.58 bits per heavy atom. The van der Waals surface area contributed by atoms with E-state index in [9.17, 15) is 18.0 Å². The second kappa shape index (κ2) is 5.59. The lowest BCUT2D eigenvalue weighted by Gasteiger charge is -2.19. The Balaban J connectivity index is 2.30. The lowest BCUT2D eigenvalue weighted by atomic mass is 10.1. The Labute approximate surface area is 130 Å². The molecule has 0 bridgehead atoms. The van der Waals surface area contributed by atoms with E-state index in [0.29, 0.717) is 27.6 Å². The Kier molecular flexibility index (Phi) is 4.44. The molecule has 1 aliphatic rings. The number of nitrogens with zero attached hydrogens (tertiary/aromatic N) is 1. The molecular formula is C12H10BrF3INO. The maximum absolute atomic E-state index is 12.6. The molecular weight excluding hydrogens is 438 g/mol. The smallest absolute Gasteiger partial charge is 0.311 e. The fourth-order valence-corrected chi connectivity index (χ4v) is 3.26. The zero-order chi connectivity index (χ0) is 14.2. The van der Waals surface area contributed by atoms with E-state index in [4.69, 9.17) is 0 Å². The number of hydrogen-bond acceptors (Lipinski definition) is 1. The summed E-state index contributed by atoms with van der Waals surface area (Å²) < 4.78 is 38.2. The van der Waals surface area contributed by atoms with Crippen LogP contribution in [-0.2, 0) is 11.0 Å². The molecule has 0 N–H and O–H groups in total. The third-order valence-electron chi connectivity index (χ3n) is 2.99. The summed E-state index contributed by atoms with van der Waals surface area (Å²) in [5, 5.41) is 0.715. The molecule has 1 saturated heterocycles. The fraction of sp³-hybridized carbons (Fsp3) is 0.417. The van der Waals surface area contributed by atoms with Crippen LogP contribution in [0.2, 0.25) is 0 Å². The molecule has 104 valence electrons. The van der Waals surface area contributed by atoms with E-state index in [1.165, 1.54) is 6.07 Å². The third-order valence-corrected chi connectivity index (χ3v) is 4.77. The van der Waals surface area contributed by atoms with Gasteiger partial charge in [-0.05, 0) is 46.7 Å². The molecule has 0 spiro atoms. The Morgan fingerprint density at radius 2 is 2.11 bits per heavy atom. The summed E-state index contributed by atoms with van der Waals surface area (Å²) >= 11 is 5.17. The number of anilines is 1. The first kappa shape index (κ1) is 15.1. The first-order valence-electron chi connectivity index (χ1n) is 5.56. The molecule has 1 atom stereocenters. The quantitative estimate of drug-likeness (QED) is 0.494. The molecule has 1 heterocycles. The zero-order valence-electron chi connectivity index (χ0n) is 9.68. The normalized spacial score (nSPS) is 20.2. The van der Waals surface area contributed by atoms with Crippen molar-refractivity contribution in [2.45, 2.75) is 12.6 Å². The van der Waals surface area contributed by atoms with Crippen molar-refractivity contribution in [3.8, 4) is 0 Å². The summed E-state index contributed by atoms with van der Waals surface area (Å²) in [6.45, 7) is 0.547. The van der Waals surface area contributed by atoms with Crippen molar-refractivity contribution >= 4 is 50.1 Å². The van der Waals surface area contributed by atoms with Gasteiger partial charge in [0.25, 0.3) is 0 Å². The van der Waals surface area contributed by atoms with Gasteiger partial charge in [-0.25, -0.2) is 0 Å². The highest BCUT2D eigenvalue weighted by atomic mass is 127. The van der Waals surface area contributed by atoms with Crippen LogP contribution in [0.5, 0.6) is 0 Å². The van der Waals surface area contributed by atoms with E-state index in [1.807, 2.05) is 22.6 Å². The lowest BCUT2D eigenvalue weighted by Crippen LogP contribution is -2.25. The SMILES string of the molecule is O=C1CC(CBr)CN1c1ccc(C(F)(F)F)cc1I. The van der Waals surface area contributed by atoms with Crippen LogP contribution in [0.1, 0.15) is 12.0 Å². The second-order valence-electron chi connectivity index (χ2n) is 4.39. The van der Waals surface area contributed by atoms with Crippen LogP contribution in [0.15, 0.2) is 18.2 Å². The maximum atomic E-state index is 12.6. The number of carbonyl (C=O) groups is 1. The van der Waals surface area contributed by atoms with Crippen LogP contribution in [0, 0.1) is 9.49 Å². The summed E-state index contributed by atoms with van der Waals surface area (Å²) in [4.78, 5) is 13.4. The summed E-state index contributed by atoms with van der Waals surface area (Å²) in [5.74, 6) is 0.174. The molecule has 1 aromatic carbocycles. The molecule has 2 nitrogen and oxygen atoms in total. The Bertz CT molecular complexity index is 506. The van der Waals surface area contributed by atoms with Crippen molar-refractivity contribution < 1.29 is 18.0 Å². The van der Waals surface area contributed by atoms with Gasteiger partial charge >= 0.3 is 6.18 Å². The molecule has 0 aliphatic carbocycles. The van der Waals surface area contributed by atoms with E-state index >= 15 is 0 Å². The van der Waals surface area contributed by atoms with Gasteiger partial charge in [0.15, 0.2) is 0 Å². The summed E-state index contributed by atoms with van der Waals surface area (Å²) in [7, 11) is 0. The number of benzene rings is 1. The number of halogens is 5. The molecule has 1 aromatic rings. The highest BCUT2D eigenvalue weighted by Gasteiger charge is 2.34. The van der Waals surface area contributed by atoms with Gasteiger partial charge in [-0.2, -0.15) is 13.2 Å². The molecule has 19 heavy (non-hydrogen) atoms. The molecule has 1 amide bonds. The lowest BCUT2D eigenvalue weighted by molar-refractivity contribution is -0.137. The van der Waals surface area contributed by atoms with Gasteiger partial charge in [-0.3, -0.25) is 4.79 Å². The Hall–Kier alpha value is -0.310. The average molecular weight is 448 g/mol. The van der Waals surface area contributed by atoms with Crippen molar-refractivity contribution in [3.05, 3.63) is 27.3 Å². The van der Waals surface area contributed by atoms with Crippen LogP contribution < -0.4 is 4.90 Å².